The molecule has 0 spiro atoms. The Bertz CT molecular complexity index is 1280. The number of carbonyl (C=O) groups excluding carboxylic acids is 3. The third-order valence-electron chi connectivity index (χ3n) is 4.68. The molecule has 10 heteroatoms. The van der Waals surface area contributed by atoms with E-state index in [-0.39, 0.29) is 17.9 Å². The summed E-state index contributed by atoms with van der Waals surface area (Å²) in [5.74, 6) is -1.42. The monoisotopic (exact) mass is 479 g/mol. The van der Waals surface area contributed by atoms with E-state index in [0.29, 0.717) is 22.9 Å². The second kappa shape index (κ2) is 10.6. The van der Waals surface area contributed by atoms with Gasteiger partial charge in [0.1, 0.15) is 16.3 Å². The van der Waals surface area contributed by atoms with Crippen LogP contribution in [-0.2, 0) is 20.8 Å². The Morgan fingerprint density at radius 1 is 1.06 bits per heavy atom. The van der Waals surface area contributed by atoms with Gasteiger partial charge in [0.2, 0.25) is 5.76 Å². The van der Waals surface area contributed by atoms with Crippen LogP contribution in [0.1, 0.15) is 33.6 Å². The van der Waals surface area contributed by atoms with E-state index in [2.05, 4.69) is 10.4 Å². The van der Waals surface area contributed by atoms with Crippen molar-refractivity contribution < 1.29 is 28.3 Å². The first-order valence-corrected chi connectivity index (χ1v) is 11.3. The predicted octanol–water partition coefficient (Wildman–Crippen LogP) is 4.23. The van der Waals surface area contributed by atoms with E-state index < -0.39 is 24.5 Å². The van der Waals surface area contributed by atoms with E-state index >= 15 is 0 Å². The minimum absolute atomic E-state index is 0.0235. The molecule has 0 fully saturated rings. The Morgan fingerprint density at radius 3 is 2.62 bits per heavy atom. The molecule has 9 nitrogen and oxygen atoms in total. The number of hydrogen-bond acceptors (Lipinski definition) is 8. The van der Waals surface area contributed by atoms with Gasteiger partial charge in [-0.05, 0) is 30.7 Å². The van der Waals surface area contributed by atoms with Crippen LogP contribution in [0.2, 0.25) is 0 Å². The van der Waals surface area contributed by atoms with Gasteiger partial charge in [-0.2, -0.15) is 5.10 Å². The van der Waals surface area contributed by atoms with Gasteiger partial charge >= 0.3 is 11.9 Å². The first kappa shape index (κ1) is 23.0. The number of thiophene rings is 1. The fourth-order valence-electron chi connectivity index (χ4n) is 3.18. The number of rotatable bonds is 9. The highest BCUT2D eigenvalue weighted by atomic mass is 32.1. The molecule has 1 N–H and O–H groups in total. The molecule has 4 aromatic rings. The maximum absolute atomic E-state index is 12.6. The van der Waals surface area contributed by atoms with E-state index in [1.165, 1.54) is 17.4 Å². The second-order valence-corrected chi connectivity index (χ2v) is 7.91. The standard InChI is InChI=1S/C24H21N3O6S/c1-2-31-24(30)21-18(16-7-4-3-5-8-16)15-34-22(21)26-20(28)14-32-23(29)19-10-9-17(33-19)13-27-12-6-11-25-27/h3-12,15H,2,13-14H2,1H3,(H,26,28). The number of furan rings is 1. The van der Waals surface area contributed by atoms with Crippen molar-refractivity contribution in [3.05, 3.63) is 83.4 Å². The van der Waals surface area contributed by atoms with E-state index in [0.717, 1.165) is 5.56 Å². The van der Waals surface area contributed by atoms with Crippen molar-refractivity contribution in [2.75, 3.05) is 18.5 Å². The lowest BCUT2D eigenvalue weighted by atomic mass is 10.0. The number of esters is 2. The second-order valence-electron chi connectivity index (χ2n) is 7.03. The lowest BCUT2D eigenvalue weighted by Crippen LogP contribution is -2.21. The Labute approximate surface area is 198 Å². The molecule has 0 radical (unpaired) electrons. The molecule has 174 valence electrons. The average molecular weight is 480 g/mol. The van der Waals surface area contributed by atoms with Gasteiger partial charge in [0, 0.05) is 23.3 Å². The highest BCUT2D eigenvalue weighted by molar-refractivity contribution is 7.15. The van der Waals surface area contributed by atoms with Gasteiger partial charge in [-0.25, -0.2) is 9.59 Å². The molecule has 1 amide bonds. The lowest BCUT2D eigenvalue weighted by molar-refractivity contribution is -0.119. The number of hydrogen-bond donors (Lipinski definition) is 1. The Morgan fingerprint density at radius 2 is 1.88 bits per heavy atom. The third kappa shape index (κ3) is 5.41. The molecule has 0 saturated carbocycles. The minimum atomic E-state index is -0.774. The van der Waals surface area contributed by atoms with Crippen LogP contribution < -0.4 is 5.32 Å². The number of nitrogens with zero attached hydrogens (tertiary/aromatic N) is 2. The van der Waals surface area contributed by atoms with Crippen molar-refractivity contribution in [2.24, 2.45) is 0 Å². The largest absolute Gasteiger partial charge is 0.462 e. The Balaban J connectivity index is 1.40. The summed E-state index contributed by atoms with van der Waals surface area (Å²) >= 11 is 1.19. The van der Waals surface area contributed by atoms with E-state index in [4.69, 9.17) is 13.9 Å². The molecule has 4 rings (SSSR count). The van der Waals surface area contributed by atoms with Gasteiger partial charge in [0.25, 0.3) is 5.91 Å². The van der Waals surface area contributed by atoms with E-state index in [1.807, 2.05) is 30.3 Å². The van der Waals surface area contributed by atoms with Crippen LogP contribution in [0.15, 0.2) is 70.7 Å². The molecule has 0 unspecified atom stereocenters. The number of aromatic nitrogens is 2. The van der Waals surface area contributed by atoms with Gasteiger partial charge in [-0.15, -0.1) is 11.3 Å². The highest BCUT2D eigenvalue weighted by Crippen LogP contribution is 2.36. The zero-order valence-electron chi connectivity index (χ0n) is 18.2. The molecule has 0 aliphatic rings. The molecule has 34 heavy (non-hydrogen) atoms. The van der Waals surface area contributed by atoms with Crippen molar-refractivity contribution in [3.63, 3.8) is 0 Å². The summed E-state index contributed by atoms with van der Waals surface area (Å²) in [5.41, 5.74) is 1.72. The van der Waals surface area contributed by atoms with Crippen LogP contribution in [0.4, 0.5) is 5.00 Å². The number of benzene rings is 1. The lowest BCUT2D eigenvalue weighted by Gasteiger charge is -2.09. The topological polar surface area (TPSA) is 113 Å². The summed E-state index contributed by atoms with van der Waals surface area (Å²) in [6.45, 7) is 1.72. The van der Waals surface area contributed by atoms with Crippen molar-refractivity contribution in [2.45, 2.75) is 13.5 Å². The van der Waals surface area contributed by atoms with Gasteiger partial charge < -0.3 is 19.2 Å². The molecule has 0 aliphatic heterocycles. The summed E-state index contributed by atoms with van der Waals surface area (Å²) in [7, 11) is 0. The van der Waals surface area contributed by atoms with E-state index in [1.54, 1.807) is 41.5 Å². The molecule has 0 aliphatic carbocycles. The smallest absolute Gasteiger partial charge is 0.374 e. The van der Waals surface area contributed by atoms with Crippen LogP contribution in [0, 0.1) is 0 Å². The predicted molar refractivity (Wildman–Crippen MR) is 125 cm³/mol. The van der Waals surface area contributed by atoms with Gasteiger partial charge in [-0.3, -0.25) is 9.48 Å². The normalized spacial score (nSPS) is 10.6. The number of carbonyl (C=O) groups is 3. The van der Waals surface area contributed by atoms with Crippen LogP contribution in [0.3, 0.4) is 0 Å². The summed E-state index contributed by atoms with van der Waals surface area (Å²) in [4.78, 5) is 37.3. The van der Waals surface area contributed by atoms with Crippen LogP contribution in [-0.4, -0.2) is 40.8 Å². The van der Waals surface area contributed by atoms with Gasteiger partial charge in [-0.1, -0.05) is 30.3 Å². The molecule has 0 saturated heterocycles. The van der Waals surface area contributed by atoms with E-state index in [9.17, 15) is 14.4 Å². The minimum Gasteiger partial charge on any atom is -0.462 e. The van der Waals surface area contributed by atoms with Gasteiger partial charge in [0.05, 0.1) is 13.2 Å². The highest BCUT2D eigenvalue weighted by Gasteiger charge is 2.23. The summed E-state index contributed by atoms with van der Waals surface area (Å²) in [6.07, 6.45) is 3.41. The first-order chi connectivity index (χ1) is 16.5. The fourth-order valence-corrected chi connectivity index (χ4v) is 4.15. The third-order valence-corrected chi connectivity index (χ3v) is 5.58. The molecule has 3 heterocycles. The molecule has 1 aromatic carbocycles. The maximum atomic E-state index is 12.6. The molecular weight excluding hydrogens is 458 g/mol. The van der Waals surface area contributed by atoms with Crippen LogP contribution in [0.25, 0.3) is 11.1 Å². The number of anilines is 1. The first-order valence-electron chi connectivity index (χ1n) is 10.4. The van der Waals surface area contributed by atoms with Gasteiger partial charge in [0.15, 0.2) is 6.61 Å². The quantitative estimate of drug-likeness (QED) is 0.358. The summed E-state index contributed by atoms with van der Waals surface area (Å²) in [5, 5.41) is 8.80. The Kier molecular flexibility index (Phi) is 7.19. The molecular formula is C24H21N3O6S. The number of amides is 1. The SMILES string of the molecule is CCOC(=O)c1c(-c2ccccc2)csc1NC(=O)COC(=O)c1ccc(Cn2cccn2)o1. The number of nitrogens with one attached hydrogen (secondary N) is 1. The van der Waals surface area contributed by atoms with Crippen molar-refractivity contribution >= 4 is 34.2 Å². The number of ether oxygens (including phenoxy) is 2. The van der Waals surface area contributed by atoms with Crippen LogP contribution in [0.5, 0.6) is 0 Å². The van der Waals surface area contributed by atoms with Crippen molar-refractivity contribution in [1.82, 2.24) is 9.78 Å². The average Bonchev–Trinajstić information content (AvgIpc) is 3.60. The zero-order chi connectivity index (χ0) is 23.9. The summed E-state index contributed by atoms with van der Waals surface area (Å²) < 4.78 is 17.4. The molecule has 0 bridgehead atoms. The fraction of sp³-hybridized carbons (Fsp3) is 0.167. The summed E-state index contributed by atoms with van der Waals surface area (Å²) in [6, 6.07) is 14.2. The maximum Gasteiger partial charge on any atom is 0.374 e. The van der Waals surface area contributed by atoms with Crippen LogP contribution >= 0.6 is 11.3 Å². The molecule has 3 aromatic heterocycles. The molecule has 0 atom stereocenters. The van der Waals surface area contributed by atoms with Crippen molar-refractivity contribution in [1.29, 1.82) is 0 Å². The zero-order valence-corrected chi connectivity index (χ0v) is 19.0. The Hall–Kier alpha value is -4.18. The van der Waals surface area contributed by atoms with Crippen molar-refractivity contribution in [3.8, 4) is 11.1 Å².